The Morgan fingerprint density at radius 2 is 1.53 bits per heavy atom. The molecule has 34 heavy (non-hydrogen) atoms. The van der Waals surface area contributed by atoms with Crippen LogP contribution >= 0.6 is 11.8 Å². The first-order chi connectivity index (χ1) is 15.6. The molecule has 0 aromatic rings. The molecule has 0 aromatic heterocycles. The molecular weight excluding hydrogens is 464 g/mol. The first-order valence-electron chi connectivity index (χ1n) is 11.9. The zero-order valence-electron chi connectivity index (χ0n) is 21.9. The van der Waals surface area contributed by atoms with E-state index in [4.69, 9.17) is 28.4 Å². The van der Waals surface area contributed by atoms with Gasteiger partial charge >= 0.3 is 11.9 Å². The fourth-order valence-electron chi connectivity index (χ4n) is 3.86. The summed E-state index contributed by atoms with van der Waals surface area (Å²) in [7, 11) is 0. The molecule has 2 heterocycles. The smallest absolute Gasteiger partial charge is 0.320 e. The van der Waals surface area contributed by atoms with Crippen LogP contribution in [0, 0.1) is 5.92 Å². The van der Waals surface area contributed by atoms with Crippen LogP contribution in [-0.2, 0) is 38.0 Å². The normalized spacial score (nSPS) is 29.1. The van der Waals surface area contributed by atoms with Gasteiger partial charge in [0.05, 0.1) is 6.61 Å². The second-order valence-corrected chi connectivity index (χ2v) is 12.4. The molecule has 2 aliphatic heterocycles. The first-order valence-corrected chi connectivity index (χ1v) is 12.9. The maximum absolute atomic E-state index is 12.8. The third kappa shape index (κ3) is 8.34. The Labute approximate surface area is 207 Å². The topological polar surface area (TPSA) is 110 Å². The van der Waals surface area contributed by atoms with Crippen molar-refractivity contribution in [2.75, 3.05) is 19.0 Å². The molecule has 0 bridgehead atoms. The lowest BCUT2D eigenvalue weighted by molar-refractivity contribution is -0.188. The molecular formula is C24H42O9S. The predicted octanol–water partition coefficient (Wildman–Crippen LogP) is 3.05. The van der Waals surface area contributed by atoms with Gasteiger partial charge < -0.3 is 33.5 Å². The number of esters is 2. The number of thioether (sulfide) groups is 1. The second kappa shape index (κ2) is 11.4. The van der Waals surface area contributed by atoms with E-state index in [1.807, 2.05) is 6.92 Å². The number of aliphatic hydroxyl groups excluding tert-OH is 1. The van der Waals surface area contributed by atoms with Gasteiger partial charge in [0.25, 0.3) is 0 Å². The van der Waals surface area contributed by atoms with Crippen molar-refractivity contribution in [3.8, 4) is 0 Å². The van der Waals surface area contributed by atoms with Gasteiger partial charge in [-0.2, -0.15) is 0 Å². The van der Waals surface area contributed by atoms with Crippen LogP contribution in [0.25, 0.3) is 0 Å². The average molecular weight is 507 g/mol. The van der Waals surface area contributed by atoms with Crippen molar-refractivity contribution in [1.29, 1.82) is 0 Å². The predicted molar refractivity (Wildman–Crippen MR) is 127 cm³/mol. The van der Waals surface area contributed by atoms with Gasteiger partial charge in [0.15, 0.2) is 11.7 Å². The van der Waals surface area contributed by atoms with Crippen LogP contribution < -0.4 is 0 Å². The molecule has 0 saturated carbocycles. The lowest BCUT2D eigenvalue weighted by atomic mass is 10.00. The summed E-state index contributed by atoms with van der Waals surface area (Å²) in [6.07, 6.45) is -1.93. The van der Waals surface area contributed by atoms with Gasteiger partial charge in [0, 0.05) is 6.61 Å². The molecule has 1 N–H and O–H groups in total. The van der Waals surface area contributed by atoms with E-state index in [0.717, 1.165) is 5.75 Å². The Balaban J connectivity index is 2.15. The molecule has 2 rings (SSSR count). The molecule has 0 aromatic carbocycles. The quantitative estimate of drug-likeness (QED) is 0.370. The van der Waals surface area contributed by atoms with Crippen molar-refractivity contribution in [2.24, 2.45) is 5.92 Å². The number of fused-ring (bicyclic) bond motifs is 1. The van der Waals surface area contributed by atoms with Gasteiger partial charge in [-0.25, -0.2) is 0 Å². The largest absolute Gasteiger partial charge is 0.459 e. The lowest BCUT2D eigenvalue weighted by Gasteiger charge is -2.41. The summed E-state index contributed by atoms with van der Waals surface area (Å²) in [5, 5.41) is 9.82. The van der Waals surface area contributed by atoms with Gasteiger partial charge in [0.2, 0.25) is 0 Å². The van der Waals surface area contributed by atoms with E-state index in [0.29, 0.717) is 0 Å². The van der Waals surface area contributed by atoms with Gasteiger partial charge in [-0.05, 0) is 67.6 Å². The van der Waals surface area contributed by atoms with Gasteiger partial charge in [-0.3, -0.25) is 9.59 Å². The summed E-state index contributed by atoms with van der Waals surface area (Å²) < 4.78 is 35.3. The molecule has 0 unspecified atom stereocenters. The monoisotopic (exact) mass is 506 g/mol. The Morgan fingerprint density at radius 3 is 2.00 bits per heavy atom. The molecule has 2 aliphatic rings. The summed E-state index contributed by atoms with van der Waals surface area (Å²) in [5.41, 5.74) is -1.89. The maximum atomic E-state index is 12.8. The van der Waals surface area contributed by atoms with E-state index >= 15 is 0 Å². The van der Waals surface area contributed by atoms with E-state index in [1.54, 1.807) is 55.4 Å². The molecule has 9 nitrogen and oxygen atoms in total. The van der Waals surface area contributed by atoms with Crippen molar-refractivity contribution < 1.29 is 43.1 Å². The molecule has 0 amide bonds. The van der Waals surface area contributed by atoms with E-state index in [2.05, 4.69) is 0 Å². The molecule has 0 radical (unpaired) electrons. The van der Waals surface area contributed by atoms with E-state index in [1.165, 1.54) is 11.8 Å². The van der Waals surface area contributed by atoms with Gasteiger partial charge in [0.1, 0.15) is 41.1 Å². The molecule has 5 atom stereocenters. The van der Waals surface area contributed by atoms with E-state index < -0.39 is 64.7 Å². The first kappa shape index (κ1) is 29.3. The summed E-state index contributed by atoms with van der Waals surface area (Å²) >= 11 is 1.54. The summed E-state index contributed by atoms with van der Waals surface area (Å²) in [4.78, 5) is 25.6. The highest BCUT2D eigenvalue weighted by Crippen LogP contribution is 2.41. The number of hydrogen-bond donors (Lipinski definition) is 1. The van der Waals surface area contributed by atoms with Crippen molar-refractivity contribution in [3.05, 3.63) is 0 Å². The van der Waals surface area contributed by atoms with Crippen molar-refractivity contribution in [3.63, 3.8) is 0 Å². The second-order valence-electron chi connectivity index (χ2n) is 11.0. The SMILES string of the molecule is CCS[C@@H]1O[C@H](CO)[C@@H]2OC(C)(C)O[C@@H]2[C@H]1OCCC(C(=O)OC(C)(C)C)C(=O)OC(C)(C)C. The van der Waals surface area contributed by atoms with Gasteiger partial charge in [-0.15, -0.1) is 11.8 Å². The lowest BCUT2D eigenvalue weighted by Crippen LogP contribution is -2.57. The zero-order valence-corrected chi connectivity index (χ0v) is 22.7. The Kier molecular flexibility index (Phi) is 9.86. The number of carbonyl (C=O) groups is 2. The summed E-state index contributed by atoms with van der Waals surface area (Å²) in [6, 6.07) is 0. The molecule has 198 valence electrons. The Morgan fingerprint density at radius 1 is 1.00 bits per heavy atom. The number of carbonyl (C=O) groups excluding carboxylic acids is 2. The fraction of sp³-hybridized carbons (Fsp3) is 0.917. The highest BCUT2D eigenvalue weighted by molar-refractivity contribution is 7.99. The summed E-state index contributed by atoms with van der Waals surface area (Å²) in [6.45, 7) is 16.0. The molecule has 0 aliphatic carbocycles. The van der Waals surface area contributed by atoms with Crippen molar-refractivity contribution in [1.82, 2.24) is 0 Å². The van der Waals surface area contributed by atoms with Crippen LogP contribution in [0.5, 0.6) is 0 Å². The average Bonchev–Trinajstić information content (AvgIpc) is 2.98. The highest BCUT2D eigenvalue weighted by atomic mass is 32.2. The Bertz CT molecular complexity index is 670. The number of ether oxygens (including phenoxy) is 6. The van der Waals surface area contributed by atoms with Crippen LogP contribution in [0.1, 0.15) is 68.7 Å². The zero-order chi connectivity index (χ0) is 25.9. The third-order valence-corrected chi connectivity index (χ3v) is 6.08. The maximum Gasteiger partial charge on any atom is 0.320 e. The van der Waals surface area contributed by atoms with Crippen LogP contribution in [0.2, 0.25) is 0 Å². The fourth-order valence-corrected chi connectivity index (χ4v) is 4.83. The Hall–Kier alpha value is -0.910. The van der Waals surface area contributed by atoms with E-state index in [9.17, 15) is 14.7 Å². The van der Waals surface area contributed by atoms with Gasteiger partial charge in [-0.1, -0.05) is 6.92 Å². The third-order valence-electron chi connectivity index (χ3n) is 5.04. The molecule has 2 saturated heterocycles. The van der Waals surface area contributed by atoms with Crippen LogP contribution in [0.15, 0.2) is 0 Å². The van der Waals surface area contributed by atoms with Crippen molar-refractivity contribution >= 4 is 23.7 Å². The molecule has 10 heteroatoms. The molecule has 0 spiro atoms. The van der Waals surface area contributed by atoms with Crippen LogP contribution in [-0.4, -0.2) is 82.9 Å². The standard InChI is InChI=1S/C24H42O9S/c1-10-34-21-18(17-16(15(13-25)29-21)30-24(8,9)31-17)28-12-11-14(19(26)32-22(2,3)4)20(27)33-23(5,6)7/h14-18,21,25H,10-13H2,1-9H3/t15-,16+,17+,18-,21+/m1/s1. The van der Waals surface area contributed by atoms with E-state index in [-0.39, 0.29) is 19.6 Å². The van der Waals surface area contributed by atoms with Crippen LogP contribution in [0.3, 0.4) is 0 Å². The minimum Gasteiger partial charge on any atom is -0.459 e. The highest BCUT2D eigenvalue weighted by Gasteiger charge is 2.55. The minimum absolute atomic E-state index is 0.0781. The van der Waals surface area contributed by atoms with Crippen LogP contribution in [0.4, 0.5) is 0 Å². The van der Waals surface area contributed by atoms with Crippen molar-refractivity contribution in [2.45, 2.75) is 116 Å². The summed E-state index contributed by atoms with van der Waals surface area (Å²) in [5.74, 6) is -2.51. The minimum atomic E-state index is -1.13. The number of hydrogen-bond acceptors (Lipinski definition) is 10. The number of aliphatic hydroxyl groups is 1. The molecule has 2 fully saturated rings. The number of rotatable bonds is 9.